The van der Waals surface area contributed by atoms with Gasteiger partial charge in [0.2, 0.25) is 0 Å². The van der Waals surface area contributed by atoms with Crippen molar-refractivity contribution in [2.75, 3.05) is 0 Å². The molecule has 0 aliphatic heterocycles. The van der Waals surface area contributed by atoms with Gasteiger partial charge in [0.1, 0.15) is 0 Å². The molecule has 0 nitrogen and oxygen atoms in total. The minimum absolute atomic E-state index is 0.502. The van der Waals surface area contributed by atoms with E-state index in [9.17, 15) is 0 Å². The van der Waals surface area contributed by atoms with E-state index in [-0.39, 0.29) is 0 Å². The zero-order valence-corrected chi connectivity index (χ0v) is 12.4. The average Bonchev–Trinajstić information content (AvgIpc) is 1.44. The van der Waals surface area contributed by atoms with Crippen LogP contribution in [0, 0.1) is 0 Å². The Bertz CT molecular complexity index is 128. The van der Waals surface area contributed by atoms with Gasteiger partial charge in [-0.25, -0.2) is 0 Å². The van der Waals surface area contributed by atoms with Gasteiger partial charge in [-0.15, -0.1) is 0 Å². The van der Waals surface area contributed by atoms with E-state index in [1.54, 1.807) is 0 Å². The molecule has 0 N–H and O–H groups in total. The van der Waals surface area contributed by atoms with Crippen LogP contribution in [0.5, 0.6) is 0 Å². The van der Waals surface area contributed by atoms with Crippen LogP contribution in [0.2, 0.25) is 11.7 Å². The topological polar surface area (TPSA) is 0 Å². The molecule has 0 spiro atoms. The summed E-state index contributed by atoms with van der Waals surface area (Å²) in [5.74, 6) is 0. The molecule has 0 radical (unpaired) electrons. The Morgan fingerprint density at radius 2 is 0.615 bits per heavy atom. The first-order valence-electron chi connectivity index (χ1n) is 4.97. The van der Waals surface area contributed by atoms with Crippen molar-refractivity contribution in [3.63, 3.8) is 0 Å². The quantitative estimate of drug-likeness (QED) is 0.530. The van der Waals surface area contributed by atoms with Crippen molar-refractivity contribution >= 4 is 0 Å². The van der Waals surface area contributed by atoms with E-state index in [1.165, 1.54) is 0 Å². The molecule has 0 saturated carbocycles. The number of hydrogen-bond donors (Lipinski definition) is 0. The molecular weight excluding hydrogens is 251 g/mol. The molecule has 1 heteroatoms. The van der Waals surface area contributed by atoms with Gasteiger partial charge in [-0.1, -0.05) is 0 Å². The van der Waals surface area contributed by atoms with Crippen LogP contribution in [0.3, 0.4) is 0 Å². The first-order valence-corrected chi connectivity index (χ1v) is 7.31. The second-order valence-corrected chi connectivity index (χ2v) is 14.3. The fraction of sp³-hybridized carbons (Fsp3) is 1.00. The van der Waals surface area contributed by atoms with Crippen LogP contribution < -0.4 is 0 Å². The summed E-state index contributed by atoms with van der Waals surface area (Å²) in [5, 5.41) is 0. The SMILES string of the molecule is C[C](C)(C)[Pd]([C](C)(C)C)[C](C)(C)C. The average molecular weight is 278 g/mol. The summed E-state index contributed by atoms with van der Waals surface area (Å²) < 4.78 is 1.51. The van der Waals surface area contributed by atoms with E-state index >= 15 is 0 Å². The third kappa shape index (κ3) is 4.13. The van der Waals surface area contributed by atoms with Crippen LogP contribution >= 0.6 is 0 Å². The zero-order chi connectivity index (χ0) is 11.1. The van der Waals surface area contributed by atoms with E-state index in [0.717, 1.165) is 0 Å². The predicted molar refractivity (Wildman–Crippen MR) is 59.1 cm³/mol. The van der Waals surface area contributed by atoms with Crippen LogP contribution in [0.1, 0.15) is 62.3 Å². The van der Waals surface area contributed by atoms with Gasteiger partial charge in [-0.05, 0) is 0 Å². The Morgan fingerprint density at radius 1 is 0.462 bits per heavy atom. The van der Waals surface area contributed by atoms with E-state index in [2.05, 4.69) is 62.3 Å². The Balaban J connectivity index is 5.02. The molecule has 0 atom stereocenters. The Hall–Kier alpha value is 0.662. The summed E-state index contributed by atoms with van der Waals surface area (Å²) in [4.78, 5) is 0. The third-order valence-corrected chi connectivity index (χ3v) is 8.42. The second kappa shape index (κ2) is 3.67. The first kappa shape index (κ1) is 13.7. The van der Waals surface area contributed by atoms with Crippen molar-refractivity contribution in [3.8, 4) is 0 Å². The van der Waals surface area contributed by atoms with Crippen molar-refractivity contribution in [2.24, 2.45) is 0 Å². The van der Waals surface area contributed by atoms with Gasteiger partial charge in [0.05, 0.1) is 0 Å². The van der Waals surface area contributed by atoms with Gasteiger partial charge in [0.25, 0.3) is 0 Å². The summed E-state index contributed by atoms with van der Waals surface area (Å²) in [5.41, 5.74) is 0. The van der Waals surface area contributed by atoms with Crippen LogP contribution in [-0.2, 0) is 16.8 Å². The normalized spacial score (nSPS) is 15.9. The van der Waals surface area contributed by atoms with Crippen molar-refractivity contribution in [3.05, 3.63) is 0 Å². The van der Waals surface area contributed by atoms with Crippen molar-refractivity contribution in [1.29, 1.82) is 0 Å². The number of hydrogen-bond acceptors (Lipinski definition) is 0. The van der Waals surface area contributed by atoms with Crippen LogP contribution in [0.4, 0.5) is 0 Å². The molecular formula is C12H27Pd. The molecule has 0 heterocycles. The van der Waals surface area contributed by atoms with E-state index < -0.39 is 16.8 Å². The molecule has 0 unspecified atom stereocenters. The second-order valence-electron chi connectivity index (χ2n) is 6.16. The molecule has 13 heavy (non-hydrogen) atoms. The maximum atomic E-state index is 2.41. The predicted octanol–water partition coefficient (Wildman–Crippen LogP) is 5.26. The summed E-state index contributed by atoms with van der Waals surface area (Å²) >= 11 is -0.554. The molecule has 0 aliphatic rings. The van der Waals surface area contributed by atoms with Gasteiger partial charge in [0, 0.05) is 0 Å². The molecule has 0 aliphatic carbocycles. The van der Waals surface area contributed by atoms with Crippen LogP contribution in [0.15, 0.2) is 0 Å². The van der Waals surface area contributed by atoms with Crippen LogP contribution in [0.25, 0.3) is 0 Å². The molecule has 0 bridgehead atoms. The number of rotatable bonds is 0. The molecule has 0 amide bonds. The van der Waals surface area contributed by atoms with Gasteiger partial charge in [-0.2, -0.15) is 0 Å². The summed E-state index contributed by atoms with van der Waals surface area (Å²) in [6.07, 6.45) is 0. The van der Waals surface area contributed by atoms with Crippen LogP contribution in [-0.4, -0.2) is 0 Å². The zero-order valence-electron chi connectivity index (χ0n) is 10.8. The molecule has 0 rings (SSSR count). The third-order valence-electron chi connectivity index (χ3n) is 1.42. The molecule has 0 aromatic heterocycles. The molecule has 0 aromatic carbocycles. The van der Waals surface area contributed by atoms with Crippen molar-refractivity contribution < 1.29 is 16.8 Å². The molecule has 0 fully saturated rings. The van der Waals surface area contributed by atoms with E-state index in [4.69, 9.17) is 0 Å². The van der Waals surface area contributed by atoms with E-state index in [0.29, 0.717) is 11.7 Å². The van der Waals surface area contributed by atoms with E-state index in [1.807, 2.05) is 0 Å². The first-order chi connectivity index (χ1) is 5.37. The van der Waals surface area contributed by atoms with Gasteiger partial charge in [-0.3, -0.25) is 0 Å². The monoisotopic (exact) mass is 277 g/mol. The maximum absolute atomic E-state index is 2.41. The standard InChI is InChI=1S/3C4H9.Pd/c3*1-4(2)3;/h3*1-3H3;. The Kier molecular flexibility index (Phi) is 3.86. The Labute approximate surface area is 90.8 Å². The van der Waals surface area contributed by atoms with Crippen molar-refractivity contribution in [2.45, 2.75) is 74.0 Å². The molecule has 0 aromatic rings. The fourth-order valence-electron chi connectivity index (χ4n) is 2.13. The van der Waals surface area contributed by atoms with Gasteiger partial charge >= 0.3 is 90.7 Å². The van der Waals surface area contributed by atoms with Gasteiger partial charge < -0.3 is 0 Å². The summed E-state index contributed by atoms with van der Waals surface area (Å²) in [7, 11) is 0. The summed E-state index contributed by atoms with van der Waals surface area (Å²) in [6.45, 7) is 21.7. The fourth-order valence-corrected chi connectivity index (χ4v) is 12.6. The summed E-state index contributed by atoms with van der Waals surface area (Å²) in [6, 6.07) is 0. The van der Waals surface area contributed by atoms with Crippen molar-refractivity contribution in [1.82, 2.24) is 0 Å². The van der Waals surface area contributed by atoms with Gasteiger partial charge in [0.15, 0.2) is 0 Å². The molecule has 0 saturated heterocycles. The Morgan fingerprint density at radius 3 is 0.615 bits per heavy atom. The molecule has 85 valence electrons. The minimum atomic E-state index is -0.554.